The lowest BCUT2D eigenvalue weighted by molar-refractivity contribution is -0.0486. The predicted molar refractivity (Wildman–Crippen MR) is 96.3 cm³/mol. The van der Waals surface area contributed by atoms with Crippen LogP contribution in [0.1, 0.15) is 44.9 Å². The van der Waals surface area contributed by atoms with E-state index in [2.05, 4.69) is 16.2 Å². The van der Waals surface area contributed by atoms with E-state index in [1.165, 1.54) is 38.5 Å². The van der Waals surface area contributed by atoms with Gasteiger partial charge in [-0.3, -0.25) is 10.9 Å². The zero-order chi connectivity index (χ0) is 17.1. The van der Waals surface area contributed by atoms with Gasteiger partial charge in [0, 0.05) is 32.3 Å². The van der Waals surface area contributed by atoms with Gasteiger partial charge in [-0.15, -0.1) is 0 Å². The molecule has 4 aliphatic rings. The molecule has 4 bridgehead atoms. The summed E-state index contributed by atoms with van der Waals surface area (Å²) in [5, 5.41) is 3.46. The van der Waals surface area contributed by atoms with Crippen molar-refractivity contribution in [3.05, 3.63) is 0 Å². The van der Waals surface area contributed by atoms with Crippen LogP contribution in [-0.2, 0) is 14.2 Å². The third kappa shape index (κ3) is 4.37. The normalized spacial score (nSPS) is 46.2. The number of hydrogen-bond donors (Lipinski definition) is 3. The first-order chi connectivity index (χ1) is 12.3. The first-order valence-electron chi connectivity index (χ1n) is 10.3. The van der Waals surface area contributed by atoms with Gasteiger partial charge in [0.2, 0.25) is 0 Å². The number of nitrogens with one attached hydrogen (secondary N) is 3. The molecule has 0 aromatic heterocycles. The Kier molecular flexibility index (Phi) is 6.26. The molecule has 0 radical (unpaired) electrons. The van der Waals surface area contributed by atoms with E-state index in [0.29, 0.717) is 36.8 Å². The van der Waals surface area contributed by atoms with E-state index in [9.17, 15) is 0 Å². The highest BCUT2D eigenvalue weighted by atomic mass is 16.5. The SMILES string of the molecule is COC1CNCCOC2CCCC(C2)C2NNC3CCC(CC32)OC1. The molecule has 2 saturated heterocycles. The van der Waals surface area contributed by atoms with Gasteiger partial charge in [-0.1, -0.05) is 6.42 Å². The standard InChI is InChI=1S/C19H35N3O3/c1-23-16-11-20-7-8-24-14-4-2-3-13(9-14)19-17-10-15(25-12-16)5-6-18(17)21-22-19/h13-22H,2-12H2,1H3. The summed E-state index contributed by atoms with van der Waals surface area (Å²) in [5.41, 5.74) is 7.25. The van der Waals surface area contributed by atoms with E-state index in [4.69, 9.17) is 14.2 Å². The van der Waals surface area contributed by atoms with Crippen molar-refractivity contribution in [2.75, 3.05) is 33.4 Å². The van der Waals surface area contributed by atoms with Crippen molar-refractivity contribution in [3.63, 3.8) is 0 Å². The van der Waals surface area contributed by atoms with E-state index in [-0.39, 0.29) is 6.10 Å². The maximum atomic E-state index is 6.27. The predicted octanol–water partition coefficient (Wildman–Crippen LogP) is 1.21. The molecule has 2 saturated carbocycles. The molecule has 3 N–H and O–H groups in total. The number of fused-ring (bicyclic) bond motifs is 4. The zero-order valence-electron chi connectivity index (χ0n) is 15.5. The van der Waals surface area contributed by atoms with Gasteiger partial charge in [-0.25, -0.2) is 0 Å². The average molecular weight is 354 g/mol. The molecule has 0 aromatic carbocycles. The number of methoxy groups -OCH3 is 1. The second-order valence-corrected chi connectivity index (χ2v) is 8.33. The molecule has 2 aliphatic carbocycles. The lowest BCUT2D eigenvalue weighted by atomic mass is 9.72. The Morgan fingerprint density at radius 2 is 1.88 bits per heavy atom. The van der Waals surface area contributed by atoms with Crippen molar-refractivity contribution in [2.45, 2.75) is 75.3 Å². The van der Waals surface area contributed by atoms with Gasteiger partial charge in [0.15, 0.2) is 0 Å². The minimum Gasteiger partial charge on any atom is -0.378 e. The lowest BCUT2D eigenvalue weighted by Crippen LogP contribution is -2.43. The van der Waals surface area contributed by atoms with Crippen molar-refractivity contribution in [1.29, 1.82) is 0 Å². The van der Waals surface area contributed by atoms with E-state index in [0.717, 1.165) is 32.0 Å². The van der Waals surface area contributed by atoms with Crippen LogP contribution >= 0.6 is 0 Å². The van der Waals surface area contributed by atoms with Crippen molar-refractivity contribution in [1.82, 2.24) is 16.2 Å². The third-order valence-corrected chi connectivity index (χ3v) is 6.78. The van der Waals surface area contributed by atoms with Crippen LogP contribution in [0.15, 0.2) is 0 Å². The van der Waals surface area contributed by atoms with Gasteiger partial charge >= 0.3 is 0 Å². The summed E-state index contributed by atoms with van der Waals surface area (Å²) < 4.78 is 18.0. The number of hydrogen-bond acceptors (Lipinski definition) is 6. The Morgan fingerprint density at radius 3 is 2.80 bits per heavy atom. The van der Waals surface area contributed by atoms with Gasteiger partial charge in [0.1, 0.15) is 0 Å². The van der Waals surface area contributed by atoms with E-state index in [1.54, 1.807) is 7.11 Å². The molecule has 4 rings (SSSR count). The molecule has 0 aromatic rings. The maximum Gasteiger partial charge on any atom is 0.0928 e. The fourth-order valence-corrected chi connectivity index (χ4v) is 5.34. The summed E-state index contributed by atoms with van der Waals surface area (Å²) in [6.45, 7) is 3.19. The fraction of sp³-hybridized carbons (Fsp3) is 1.00. The van der Waals surface area contributed by atoms with Gasteiger partial charge in [0.25, 0.3) is 0 Å². The van der Waals surface area contributed by atoms with Crippen LogP contribution in [0.2, 0.25) is 0 Å². The van der Waals surface area contributed by atoms with Crippen LogP contribution in [0.25, 0.3) is 0 Å². The molecule has 6 nitrogen and oxygen atoms in total. The molecule has 7 unspecified atom stereocenters. The van der Waals surface area contributed by atoms with Gasteiger partial charge in [0.05, 0.1) is 31.5 Å². The summed E-state index contributed by atoms with van der Waals surface area (Å²) in [6, 6.07) is 1.19. The Bertz CT molecular complexity index is 425. The van der Waals surface area contributed by atoms with Crippen LogP contribution < -0.4 is 16.2 Å². The van der Waals surface area contributed by atoms with Crippen LogP contribution in [0.3, 0.4) is 0 Å². The monoisotopic (exact) mass is 353 g/mol. The molecule has 25 heavy (non-hydrogen) atoms. The van der Waals surface area contributed by atoms with Crippen molar-refractivity contribution in [3.8, 4) is 0 Å². The molecule has 0 amide bonds. The summed E-state index contributed by atoms with van der Waals surface area (Å²) >= 11 is 0. The van der Waals surface area contributed by atoms with Gasteiger partial charge in [-0.05, 0) is 50.4 Å². The second kappa shape index (κ2) is 8.63. The van der Waals surface area contributed by atoms with Crippen LogP contribution in [-0.4, -0.2) is 63.8 Å². The van der Waals surface area contributed by atoms with E-state index < -0.39 is 0 Å². The first kappa shape index (κ1) is 18.1. The minimum absolute atomic E-state index is 0.123. The number of rotatable bonds is 1. The van der Waals surface area contributed by atoms with Gasteiger partial charge in [-0.2, -0.15) is 0 Å². The topological polar surface area (TPSA) is 63.8 Å². The van der Waals surface area contributed by atoms with E-state index >= 15 is 0 Å². The molecule has 6 heteroatoms. The maximum absolute atomic E-state index is 6.27. The van der Waals surface area contributed by atoms with Crippen molar-refractivity contribution < 1.29 is 14.2 Å². The summed E-state index contributed by atoms with van der Waals surface area (Å²) in [4.78, 5) is 0. The highest BCUT2D eigenvalue weighted by Crippen LogP contribution is 2.39. The Hall–Kier alpha value is -0.240. The first-order valence-corrected chi connectivity index (χ1v) is 10.3. The minimum atomic E-state index is 0.123. The number of hydrazine groups is 1. The molecule has 2 aliphatic heterocycles. The molecule has 144 valence electrons. The second-order valence-electron chi connectivity index (χ2n) is 8.33. The summed E-state index contributed by atoms with van der Waals surface area (Å²) in [5.74, 6) is 1.41. The quantitative estimate of drug-likeness (QED) is 0.659. The highest BCUT2D eigenvalue weighted by molar-refractivity contribution is 4.99. The van der Waals surface area contributed by atoms with Gasteiger partial charge < -0.3 is 19.5 Å². The third-order valence-electron chi connectivity index (χ3n) is 6.78. The average Bonchev–Trinajstić information content (AvgIpc) is 3.07. The van der Waals surface area contributed by atoms with E-state index in [1.807, 2.05) is 0 Å². The Labute approximate surface area is 151 Å². The molecule has 4 fully saturated rings. The van der Waals surface area contributed by atoms with Crippen LogP contribution in [0.5, 0.6) is 0 Å². The molecule has 0 spiro atoms. The highest BCUT2D eigenvalue weighted by Gasteiger charge is 2.44. The van der Waals surface area contributed by atoms with Crippen molar-refractivity contribution in [2.24, 2.45) is 11.8 Å². The molecular formula is C19H35N3O3. The Morgan fingerprint density at radius 1 is 0.960 bits per heavy atom. The lowest BCUT2D eigenvalue weighted by Gasteiger charge is -2.38. The molecule has 7 atom stereocenters. The van der Waals surface area contributed by atoms with Crippen LogP contribution in [0.4, 0.5) is 0 Å². The summed E-state index contributed by atoms with van der Waals surface area (Å²) in [6.07, 6.45) is 9.52. The molecular weight excluding hydrogens is 318 g/mol. The fourth-order valence-electron chi connectivity index (χ4n) is 5.34. The summed E-state index contributed by atoms with van der Waals surface area (Å²) in [7, 11) is 1.78. The molecule has 2 heterocycles. The van der Waals surface area contributed by atoms with Crippen molar-refractivity contribution >= 4 is 0 Å². The Balaban J connectivity index is 1.45. The zero-order valence-corrected chi connectivity index (χ0v) is 15.5. The van der Waals surface area contributed by atoms with Crippen LogP contribution in [0, 0.1) is 11.8 Å². The largest absolute Gasteiger partial charge is 0.378 e. The number of ether oxygens (including phenoxy) is 3. The smallest absolute Gasteiger partial charge is 0.0928 e.